The predicted octanol–water partition coefficient (Wildman–Crippen LogP) is 6.10. The maximum absolute atomic E-state index is 12.9. The van der Waals surface area contributed by atoms with Crippen LogP contribution in [0, 0.1) is 0 Å². The quantitative estimate of drug-likeness (QED) is 0.249. The van der Waals surface area contributed by atoms with Crippen molar-refractivity contribution < 1.29 is 4.79 Å². The Hall–Kier alpha value is -3.27. The number of nitrogens with two attached hydrogens (primary N) is 1. The molecule has 4 N–H and O–H groups in total. The van der Waals surface area contributed by atoms with Crippen LogP contribution in [0.15, 0.2) is 64.5 Å². The number of hydrogen-bond acceptors (Lipinski definition) is 7. The highest BCUT2D eigenvalue weighted by atomic mass is 79.9. The minimum absolute atomic E-state index is 0.00560. The molecule has 3 aromatic heterocycles. The number of nitrogens with zero attached hydrogens (tertiary/aromatic N) is 3. The fourth-order valence-electron chi connectivity index (χ4n) is 3.45. The van der Waals surface area contributed by atoms with Gasteiger partial charge < -0.3 is 16.4 Å². The fraction of sp³-hybridized carbons (Fsp3) is 0.0435. The number of thiophene rings is 1. The minimum atomic E-state index is -0.480. The number of carbonyl (C=O) groups excluding carboxylic acids is 1. The van der Waals surface area contributed by atoms with Gasteiger partial charge in [0, 0.05) is 9.86 Å². The molecule has 164 valence electrons. The van der Waals surface area contributed by atoms with Crippen LogP contribution >= 0.6 is 38.9 Å². The molecule has 33 heavy (non-hydrogen) atoms. The van der Waals surface area contributed by atoms with Crippen molar-refractivity contribution in [3.8, 4) is 0 Å². The molecular weight excluding hydrogens is 524 g/mol. The molecule has 0 aliphatic heterocycles. The lowest BCUT2D eigenvalue weighted by atomic mass is 10.1. The van der Waals surface area contributed by atoms with Gasteiger partial charge in [-0.1, -0.05) is 41.9 Å². The summed E-state index contributed by atoms with van der Waals surface area (Å²) in [5.41, 5.74) is 8.16. The summed E-state index contributed by atoms with van der Waals surface area (Å²) in [7, 11) is 0. The third-order valence-corrected chi connectivity index (χ3v) is 7.21. The molecule has 2 aromatic carbocycles. The summed E-state index contributed by atoms with van der Waals surface area (Å²) in [5, 5.41) is 10.5. The number of rotatable bonds is 5. The van der Waals surface area contributed by atoms with E-state index in [2.05, 4.69) is 41.5 Å². The van der Waals surface area contributed by atoms with Crippen molar-refractivity contribution in [2.45, 2.75) is 6.54 Å². The first kappa shape index (κ1) is 21.6. The molecule has 0 bridgehead atoms. The number of carbonyl (C=O) groups is 1. The maximum atomic E-state index is 12.9. The van der Waals surface area contributed by atoms with Crippen molar-refractivity contribution in [3.05, 3.63) is 81.0 Å². The third-order valence-electron chi connectivity index (χ3n) is 4.99. The number of nitrogen functional groups attached to an aromatic ring is 1. The van der Waals surface area contributed by atoms with Crippen LogP contribution in [0.5, 0.6) is 0 Å². The number of aromatic nitrogens is 3. The van der Waals surface area contributed by atoms with E-state index in [-0.39, 0.29) is 11.6 Å². The molecule has 0 fully saturated rings. The lowest BCUT2D eigenvalue weighted by Gasteiger charge is -2.13. The first-order chi connectivity index (χ1) is 16.0. The Morgan fingerprint density at radius 2 is 1.94 bits per heavy atom. The van der Waals surface area contributed by atoms with Gasteiger partial charge in [0.15, 0.2) is 0 Å². The summed E-state index contributed by atoms with van der Waals surface area (Å²) >= 11 is 11.3. The second kappa shape index (κ2) is 8.93. The number of benzene rings is 2. The Kier molecular flexibility index (Phi) is 5.84. The van der Waals surface area contributed by atoms with Crippen molar-refractivity contribution in [1.29, 1.82) is 0 Å². The number of amides is 1. The first-order valence-corrected chi connectivity index (χ1v) is 11.9. The molecule has 1 amide bonds. The number of hydrogen-bond donors (Lipinski definition) is 3. The van der Waals surface area contributed by atoms with Crippen LogP contribution < -0.4 is 16.4 Å². The number of pyridine rings is 1. The molecule has 0 aliphatic rings. The molecule has 0 aliphatic carbocycles. The van der Waals surface area contributed by atoms with Gasteiger partial charge in [0.25, 0.3) is 5.91 Å². The van der Waals surface area contributed by atoms with Gasteiger partial charge >= 0.3 is 0 Å². The summed E-state index contributed by atoms with van der Waals surface area (Å²) in [6.45, 7) is 0.407. The lowest BCUT2D eigenvalue weighted by molar-refractivity contribution is 0.101. The molecule has 5 aromatic rings. The molecule has 0 saturated heterocycles. The standard InChI is InChI=1S/C23H16BrClN6OS/c24-14-6-3-7-15(19(14)25)27-11-17-13-5-2-1-4-12(13)10-18(28-17)30-23(32)22-29-16-8-9-33-20(16)21(26)31-22/h1-10,27H,11H2,(H2,26,29,31)(H,28,30,32). The van der Waals surface area contributed by atoms with E-state index in [1.165, 1.54) is 11.3 Å². The monoisotopic (exact) mass is 538 g/mol. The summed E-state index contributed by atoms with van der Waals surface area (Å²) < 4.78 is 1.56. The van der Waals surface area contributed by atoms with E-state index in [0.29, 0.717) is 22.9 Å². The molecule has 0 atom stereocenters. The third kappa shape index (κ3) is 4.35. The van der Waals surface area contributed by atoms with E-state index < -0.39 is 5.91 Å². The average molecular weight is 540 g/mol. The molecule has 0 saturated carbocycles. The van der Waals surface area contributed by atoms with Crippen LogP contribution in [0.25, 0.3) is 21.0 Å². The maximum Gasteiger partial charge on any atom is 0.294 e. The van der Waals surface area contributed by atoms with Crippen LogP contribution in [0.3, 0.4) is 0 Å². The van der Waals surface area contributed by atoms with Crippen molar-refractivity contribution in [2.24, 2.45) is 0 Å². The van der Waals surface area contributed by atoms with Crippen molar-refractivity contribution in [2.75, 3.05) is 16.4 Å². The molecular formula is C23H16BrClN6OS. The largest absolute Gasteiger partial charge is 0.382 e. The molecule has 7 nitrogen and oxygen atoms in total. The predicted molar refractivity (Wildman–Crippen MR) is 138 cm³/mol. The van der Waals surface area contributed by atoms with Gasteiger partial charge in [0.1, 0.15) is 11.6 Å². The Morgan fingerprint density at radius 1 is 1.09 bits per heavy atom. The average Bonchev–Trinajstić information content (AvgIpc) is 3.29. The zero-order chi connectivity index (χ0) is 22.9. The van der Waals surface area contributed by atoms with Crippen molar-refractivity contribution >= 4 is 83.1 Å². The summed E-state index contributed by atoms with van der Waals surface area (Å²) in [4.78, 5) is 26.0. The SMILES string of the molecule is Nc1nc(C(=O)Nc2cc3ccccc3c(CNc3cccc(Br)c3Cl)n2)nc2ccsc12. The molecule has 0 spiro atoms. The van der Waals surface area contributed by atoms with Crippen molar-refractivity contribution in [3.63, 3.8) is 0 Å². The number of halogens is 2. The Balaban J connectivity index is 1.45. The van der Waals surface area contributed by atoms with Crippen LogP contribution in [0.1, 0.15) is 16.3 Å². The second-order valence-electron chi connectivity index (χ2n) is 7.15. The molecule has 0 radical (unpaired) electrons. The van der Waals surface area contributed by atoms with Gasteiger partial charge in [-0.25, -0.2) is 15.0 Å². The second-order valence-corrected chi connectivity index (χ2v) is 9.30. The number of nitrogens with one attached hydrogen (secondary N) is 2. The minimum Gasteiger partial charge on any atom is -0.382 e. The summed E-state index contributed by atoms with van der Waals surface area (Å²) in [6, 6.07) is 17.1. The highest BCUT2D eigenvalue weighted by Crippen LogP contribution is 2.31. The van der Waals surface area contributed by atoms with Crippen LogP contribution in [0.2, 0.25) is 5.02 Å². The van der Waals surface area contributed by atoms with Gasteiger partial charge in [-0.3, -0.25) is 4.79 Å². The molecule has 5 rings (SSSR count). The van der Waals surface area contributed by atoms with Crippen LogP contribution in [-0.4, -0.2) is 20.9 Å². The van der Waals surface area contributed by atoms with Gasteiger partial charge in [0.05, 0.1) is 33.2 Å². The fourth-order valence-corrected chi connectivity index (χ4v) is 4.74. The Morgan fingerprint density at radius 3 is 2.82 bits per heavy atom. The number of fused-ring (bicyclic) bond motifs is 2. The number of anilines is 3. The zero-order valence-corrected chi connectivity index (χ0v) is 20.1. The highest BCUT2D eigenvalue weighted by Gasteiger charge is 2.16. The van der Waals surface area contributed by atoms with Gasteiger partial charge in [-0.05, 0) is 51.0 Å². The van der Waals surface area contributed by atoms with Crippen LogP contribution in [-0.2, 0) is 6.54 Å². The highest BCUT2D eigenvalue weighted by molar-refractivity contribution is 9.10. The summed E-state index contributed by atoms with van der Waals surface area (Å²) in [5.74, 6) is 0.186. The van der Waals surface area contributed by atoms with E-state index in [4.69, 9.17) is 17.3 Å². The van der Waals surface area contributed by atoms with E-state index in [1.54, 1.807) is 6.07 Å². The van der Waals surface area contributed by atoms with Crippen molar-refractivity contribution in [1.82, 2.24) is 15.0 Å². The first-order valence-electron chi connectivity index (χ1n) is 9.88. The van der Waals surface area contributed by atoms with E-state index in [0.717, 1.165) is 31.3 Å². The van der Waals surface area contributed by atoms with E-state index in [9.17, 15) is 4.79 Å². The lowest BCUT2D eigenvalue weighted by Crippen LogP contribution is -2.18. The molecule has 10 heteroatoms. The van der Waals surface area contributed by atoms with Gasteiger partial charge in [-0.15, -0.1) is 11.3 Å². The van der Waals surface area contributed by atoms with E-state index in [1.807, 2.05) is 53.9 Å². The van der Waals surface area contributed by atoms with Gasteiger partial charge in [-0.2, -0.15) is 0 Å². The normalized spacial score (nSPS) is 11.1. The Labute approximate surface area is 206 Å². The zero-order valence-electron chi connectivity index (χ0n) is 17.0. The van der Waals surface area contributed by atoms with Crippen LogP contribution in [0.4, 0.5) is 17.3 Å². The smallest absolute Gasteiger partial charge is 0.294 e. The summed E-state index contributed by atoms with van der Waals surface area (Å²) in [6.07, 6.45) is 0. The van der Waals surface area contributed by atoms with E-state index >= 15 is 0 Å². The topological polar surface area (TPSA) is 106 Å². The van der Waals surface area contributed by atoms with Gasteiger partial charge in [0.2, 0.25) is 5.82 Å². The molecule has 0 unspecified atom stereocenters. The Bertz CT molecular complexity index is 1520. The molecule has 3 heterocycles.